The maximum absolute atomic E-state index is 9.95. The van der Waals surface area contributed by atoms with Crippen LogP contribution in [0.25, 0.3) is 0 Å². The Morgan fingerprint density at radius 1 is 1.38 bits per heavy atom. The summed E-state index contributed by atoms with van der Waals surface area (Å²) in [5, 5.41) is 22.0. The van der Waals surface area contributed by atoms with Crippen molar-refractivity contribution in [2.24, 2.45) is 0 Å². The molecule has 3 atom stereocenters. The maximum atomic E-state index is 9.95. The van der Waals surface area contributed by atoms with Gasteiger partial charge in [-0.1, -0.05) is 0 Å². The van der Waals surface area contributed by atoms with Crippen molar-refractivity contribution < 1.29 is 14.6 Å². The molecule has 0 aliphatic heterocycles. The molecule has 0 aromatic heterocycles. The average molecular weight is 290 g/mol. The third-order valence-electron chi connectivity index (χ3n) is 3.80. The normalized spacial score (nSPS) is 22.7. The van der Waals surface area contributed by atoms with E-state index in [0.29, 0.717) is 23.9 Å². The molecule has 5 heteroatoms. The van der Waals surface area contributed by atoms with Crippen LogP contribution in [-0.2, 0) is 4.74 Å². The summed E-state index contributed by atoms with van der Waals surface area (Å²) in [6.45, 7) is 0.712. The Balaban J connectivity index is 1.69. The number of hydrogen-bond acceptors (Lipinski definition) is 5. The van der Waals surface area contributed by atoms with Gasteiger partial charge in [-0.05, 0) is 43.5 Å². The van der Waals surface area contributed by atoms with Gasteiger partial charge in [-0.2, -0.15) is 5.26 Å². The lowest BCUT2D eigenvalue weighted by Crippen LogP contribution is -2.42. The van der Waals surface area contributed by atoms with Crippen molar-refractivity contribution in [3.05, 3.63) is 29.8 Å². The van der Waals surface area contributed by atoms with Gasteiger partial charge in [0.1, 0.15) is 18.5 Å². The van der Waals surface area contributed by atoms with E-state index in [4.69, 9.17) is 14.7 Å². The fourth-order valence-electron chi connectivity index (χ4n) is 2.61. The fraction of sp³-hybridized carbons (Fsp3) is 0.562. The van der Waals surface area contributed by atoms with E-state index in [9.17, 15) is 5.11 Å². The van der Waals surface area contributed by atoms with E-state index in [2.05, 4.69) is 11.4 Å². The van der Waals surface area contributed by atoms with E-state index in [1.54, 1.807) is 31.4 Å². The molecule has 5 nitrogen and oxygen atoms in total. The summed E-state index contributed by atoms with van der Waals surface area (Å²) in [5.74, 6) is 0.656. The second-order valence-electron chi connectivity index (χ2n) is 5.32. The first-order valence-electron chi connectivity index (χ1n) is 7.30. The Morgan fingerprint density at radius 3 is 2.81 bits per heavy atom. The minimum absolute atomic E-state index is 0.225. The van der Waals surface area contributed by atoms with Crippen LogP contribution in [0.5, 0.6) is 5.75 Å². The van der Waals surface area contributed by atoms with Gasteiger partial charge < -0.3 is 19.9 Å². The van der Waals surface area contributed by atoms with Gasteiger partial charge in [0.15, 0.2) is 0 Å². The number of ether oxygens (including phenoxy) is 2. The molecule has 0 amide bonds. The first kappa shape index (κ1) is 15.8. The molecule has 1 aromatic carbocycles. The maximum Gasteiger partial charge on any atom is 0.119 e. The van der Waals surface area contributed by atoms with Gasteiger partial charge in [-0.3, -0.25) is 0 Å². The van der Waals surface area contributed by atoms with Crippen molar-refractivity contribution in [1.82, 2.24) is 5.32 Å². The predicted molar refractivity (Wildman–Crippen MR) is 79.1 cm³/mol. The molecule has 3 unspecified atom stereocenters. The highest BCUT2D eigenvalue weighted by atomic mass is 16.5. The largest absolute Gasteiger partial charge is 0.491 e. The molecule has 114 valence electrons. The fourth-order valence-corrected chi connectivity index (χ4v) is 2.61. The van der Waals surface area contributed by atoms with E-state index < -0.39 is 6.10 Å². The summed E-state index contributed by atoms with van der Waals surface area (Å²) in [6.07, 6.45) is 3.00. The molecule has 1 aliphatic carbocycles. The molecule has 1 aromatic rings. The van der Waals surface area contributed by atoms with Gasteiger partial charge in [0, 0.05) is 19.7 Å². The van der Waals surface area contributed by atoms with Crippen molar-refractivity contribution in [2.75, 3.05) is 20.3 Å². The number of benzene rings is 1. The van der Waals surface area contributed by atoms with Crippen LogP contribution in [0.4, 0.5) is 0 Å². The first-order valence-corrected chi connectivity index (χ1v) is 7.30. The minimum atomic E-state index is -0.571. The minimum Gasteiger partial charge on any atom is -0.491 e. The van der Waals surface area contributed by atoms with Gasteiger partial charge in [0.05, 0.1) is 17.7 Å². The third-order valence-corrected chi connectivity index (χ3v) is 3.80. The van der Waals surface area contributed by atoms with Gasteiger partial charge in [0.25, 0.3) is 0 Å². The predicted octanol–water partition coefficient (Wildman–Crippen LogP) is 1.46. The molecule has 0 radical (unpaired) electrons. The highest BCUT2D eigenvalue weighted by Crippen LogP contribution is 2.21. The number of nitrogens with zero attached hydrogens (tertiary/aromatic N) is 1. The number of nitrogens with one attached hydrogen (secondary N) is 1. The first-order chi connectivity index (χ1) is 10.2. The zero-order valence-electron chi connectivity index (χ0n) is 12.3. The zero-order valence-corrected chi connectivity index (χ0v) is 12.3. The topological polar surface area (TPSA) is 74.5 Å². The Labute approximate surface area is 125 Å². The van der Waals surface area contributed by atoms with Crippen LogP contribution in [0.15, 0.2) is 24.3 Å². The molecule has 2 N–H and O–H groups in total. The van der Waals surface area contributed by atoms with E-state index >= 15 is 0 Å². The standard InChI is InChI=1S/C16H22N2O3/c1-20-16-4-2-3-15(16)18-10-13(19)11-21-14-7-5-12(9-17)6-8-14/h5-8,13,15-16,18-19H,2-4,10-11H2,1H3. The molecule has 2 rings (SSSR count). The summed E-state index contributed by atoms with van der Waals surface area (Å²) >= 11 is 0. The van der Waals surface area contributed by atoms with Crippen LogP contribution in [0.1, 0.15) is 24.8 Å². The summed E-state index contributed by atoms with van der Waals surface area (Å²) in [4.78, 5) is 0. The van der Waals surface area contributed by atoms with Crippen LogP contribution in [-0.4, -0.2) is 43.6 Å². The molecular weight excluding hydrogens is 268 g/mol. The Bertz CT molecular complexity index is 469. The third kappa shape index (κ3) is 4.71. The summed E-state index contributed by atoms with van der Waals surface area (Å²) in [5.41, 5.74) is 0.594. The van der Waals surface area contributed by atoms with Gasteiger partial charge in [-0.25, -0.2) is 0 Å². The number of nitriles is 1. The molecule has 21 heavy (non-hydrogen) atoms. The smallest absolute Gasteiger partial charge is 0.119 e. The molecule has 0 heterocycles. The second kappa shape index (κ2) is 7.99. The number of hydrogen-bond donors (Lipinski definition) is 2. The number of aliphatic hydroxyl groups is 1. The lowest BCUT2D eigenvalue weighted by molar-refractivity contribution is 0.0687. The molecular formula is C16H22N2O3. The molecule has 1 fully saturated rings. The van der Waals surface area contributed by atoms with E-state index in [1.807, 2.05) is 0 Å². The molecule has 1 aliphatic rings. The van der Waals surface area contributed by atoms with Gasteiger partial charge >= 0.3 is 0 Å². The molecule has 0 saturated heterocycles. The van der Waals surface area contributed by atoms with Crippen LogP contribution in [0.2, 0.25) is 0 Å². The molecule has 0 spiro atoms. The number of rotatable bonds is 7. The summed E-state index contributed by atoms with van der Waals surface area (Å²) < 4.78 is 10.9. The number of aliphatic hydroxyl groups excluding tert-OH is 1. The highest BCUT2D eigenvalue weighted by molar-refractivity contribution is 5.34. The average Bonchev–Trinajstić information content (AvgIpc) is 2.99. The van der Waals surface area contributed by atoms with Crippen molar-refractivity contribution in [3.8, 4) is 11.8 Å². The van der Waals surface area contributed by atoms with E-state index in [-0.39, 0.29) is 12.7 Å². The Kier molecular flexibility index (Phi) is 6.00. The molecule has 0 bridgehead atoms. The van der Waals surface area contributed by atoms with Gasteiger partial charge in [-0.15, -0.1) is 0 Å². The van der Waals surface area contributed by atoms with Gasteiger partial charge in [0.2, 0.25) is 0 Å². The lowest BCUT2D eigenvalue weighted by Gasteiger charge is -2.21. The molecule has 1 saturated carbocycles. The van der Waals surface area contributed by atoms with Crippen molar-refractivity contribution in [3.63, 3.8) is 0 Å². The van der Waals surface area contributed by atoms with Crippen LogP contribution in [0.3, 0.4) is 0 Å². The van der Waals surface area contributed by atoms with E-state index in [1.165, 1.54) is 0 Å². The lowest BCUT2D eigenvalue weighted by atomic mass is 10.2. The summed E-state index contributed by atoms with van der Waals surface area (Å²) in [7, 11) is 1.73. The van der Waals surface area contributed by atoms with Crippen LogP contribution < -0.4 is 10.1 Å². The monoisotopic (exact) mass is 290 g/mol. The second-order valence-corrected chi connectivity index (χ2v) is 5.32. The van der Waals surface area contributed by atoms with Crippen LogP contribution in [0, 0.1) is 11.3 Å². The SMILES string of the molecule is COC1CCCC1NCC(O)COc1ccc(C#N)cc1. The van der Waals surface area contributed by atoms with Crippen molar-refractivity contribution in [2.45, 2.75) is 37.5 Å². The Morgan fingerprint density at radius 2 is 2.14 bits per heavy atom. The Hall–Kier alpha value is -1.61. The zero-order chi connectivity index (χ0) is 15.1. The van der Waals surface area contributed by atoms with Crippen molar-refractivity contribution in [1.29, 1.82) is 5.26 Å². The van der Waals surface area contributed by atoms with Crippen molar-refractivity contribution >= 4 is 0 Å². The summed E-state index contributed by atoms with van der Waals surface area (Å²) in [6, 6.07) is 9.23. The quantitative estimate of drug-likeness (QED) is 0.795. The highest BCUT2D eigenvalue weighted by Gasteiger charge is 2.26. The van der Waals surface area contributed by atoms with E-state index in [0.717, 1.165) is 19.3 Å². The van der Waals surface area contributed by atoms with Crippen LogP contribution >= 0.6 is 0 Å². The number of methoxy groups -OCH3 is 1.